The van der Waals surface area contributed by atoms with Crippen molar-refractivity contribution in [2.24, 2.45) is 5.92 Å². The Hall–Kier alpha value is -2.86. The van der Waals surface area contributed by atoms with Crippen molar-refractivity contribution in [2.75, 3.05) is 0 Å². The molecule has 0 fully saturated rings. The van der Waals surface area contributed by atoms with Crippen molar-refractivity contribution in [3.05, 3.63) is 119 Å². The second kappa shape index (κ2) is 5.32. The highest BCUT2D eigenvalue weighted by molar-refractivity contribution is 5.98. The second-order valence-electron chi connectivity index (χ2n) is 7.44. The molecule has 0 aliphatic heterocycles. The van der Waals surface area contributed by atoms with Crippen molar-refractivity contribution in [1.82, 2.24) is 0 Å². The highest BCUT2D eigenvalue weighted by Crippen LogP contribution is 2.63. The van der Waals surface area contributed by atoms with Gasteiger partial charge in [0, 0.05) is 0 Å². The molecule has 0 aromatic heterocycles. The van der Waals surface area contributed by atoms with Gasteiger partial charge in [-0.2, -0.15) is 0 Å². The van der Waals surface area contributed by atoms with E-state index in [0.717, 1.165) is 6.42 Å². The van der Waals surface area contributed by atoms with Gasteiger partial charge in [0.25, 0.3) is 0 Å². The van der Waals surface area contributed by atoms with Crippen LogP contribution in [0.3, 0.4) is 0 Å². The predicted octanol–water partition coefficient (Wildman–Crippen LogP) is 6.48. The number of hydrogen-bond donors (Lipinski definition) is 0. The van der Waals surface area contributed by atoms with Crippen LogP contribution >= 0.6 is 0 Å². The van der Waals surface area contributed by atoms with E-state index >= 15 is 0 Å². The third kappa shape index (κ3) is 1.60. The summed E-state index contributed by atoms with van der Waals surface area (Å²) in [6.07, 6.45) is 9.86. The topological polar surface area (TPSA) is 0 Å². The number of allylic oxidation sites excluding steroid dienone is 8. The zero-order chi connectivity index (χ0) is 17.9. The van der Waals surface area contributed by atoms with Gasteiger partial charge in [-0.15, -0.1) is 0 Å². The summed E-state index contributed by atoms with van der Waals surface area (Å²) in [6.45, 7) is 10.7. The largest absolute Gasteiger partial charge is 0.0987 e. The highest BCUT2D eigenvalue weighted by Gasteiger charge is 2.52. The molecule has 0 heterocycles. The Balaban J connectivity index is 2.00. The summed E-state index contributed by atoms with van der Waals surface area (Å²) in [6, 6.07) is 17.7. The van der Waals surface area contributed by atoms with E-state index < -0.39 is 0 Å². The first-order valence-electron chi connectivity index (χ1n) is 9.35. The van der Waals surface area contributed by atoms with Crippen molar-refractivity contribution in [3.63, 3.8) is 0 Å². The Morgan fingerprint density at radius 2 is 1.58 bits per heavy atom. The summed E-state index contributed by atoms with van der Waals surface area (Å²) in [5.41, 5.74) is 10.6. The normalized spacial score (nSPS) is 25.3. The summed E-state index contributed by atoms with van der Waals surface area (Å²) in [5.74, 6) is 0.529. The van der Waals surface area contributed by atoms with E-state index in [0.29, 0.717) is 5.92 Å². The van der Waals surface area contributed by atoms with Crippen LogP contribution in [0.15, 0.2) is 97.1 Å². The van der Waals surface area contributed by atoms with E-state index in [9.17, 15) is 0 Å². The smallest absolute Gasteiger partial charge is 0.0722 e. The standard InChI is InChI=1S/C26H22/c1-4-18-19-12-6-8-14-22(19)26(21(18)5-2)23-15-9-7-13-20(23)25-17(3)11-10-16-24(25)26/h4-10,12-17H,1-2,11H2,3H3. The molecular weight excluding hydrogens is 312 g/mol. The summed E-state index contributed by atoms with van der Waals surface area (Å²) >= 11 is 0. The fourth-order valence-electron chi connectivity index (χ4n) is 5.39. The number of rotatable bonds is 2. The first-order chi connectivity index (χ1) is 12.7. The number of fused-ring (bicyclic) bond motifs is 6. The zero-order valence-corrected chi connectivity index (χ0v) is 15.1. The van der Waals surface area contributed by atoms with Crippen molar-refractivity contribution in [1.29, 1.82) is 0 Å². The molecule has 2 aromatic rings. The lowest BCUT2D eigenvalue weighted by Crippen LogP contribution is -2.28. The average Bonchev–Trinajstić information content (AvgIpc) is 3.14. The molecule has 0 saturated carbocycles. The Labute approximate surface area is 155 Å². The van der Waals surface area contributed by atoms with Gasteiger partial charge in [0.05, 0.1) is 5.41 Å². The van der Waals surface area contributed by atoms with Gasteiger partial charge in [-0.25, -0.2) is 0 Å². The summed E-state index contributed by atoms with van der Waals surface area (Å²) in [5, 5.41) is 0. The lowest BCUT2D eigenvalue weighted by atomic mass is 9.68. The molecule has 26 heavy (non-hydrogen) atoms. The molecule has 5 rings (SSSR count). The number of hydrogen-bond acceptors (Lipinski definition) is 0. The summed E-state index contributed by atoms with van der Waals surface area (Å²) in [4.78, 5) is 0. The molecule has 0 heteroatoms. The van der Waals surface area contributed by atoms with Gasteiger partial charge >= 0.3 is 0 Å². The molecule has 2 atom stereocenters. The molecule has 0 N–H and O–H groups in total. The molecule has 126 valence electrons. The molecule has 0 nitrogen and oxygen atoms in total. The Morgan fingerprint density at radius 1 is 0.923 bits per heavy atom. The quantitative estimate of drug-likeness (QED) is 0.590. The first-order valence-corrected chi connectivity index (χ1v) is 9.35. The molecule has 2 unspecified atom stereocenters. The highest BCUT2D eigenvalue weighted by atomic mass is 14.5. The van der Waals surface area contributed by atoms with E-state index in [-0.39, 0.29) is 5.41 Å². The van der Waals surface area contributed by atoms with Gasteiger partial charge in [0.2, 0.25) is 0 Å². The molecule has 2 aromatic carbocycles. The van der Waals surface area contributed by atoms with E-state index in [1.807, 2.05) is 6.08 Å². The molecule has 0 amide bonds. The second-order valence-corrected chi connectivity index (χ2v) is 7.44. The SMILES string of the molecule is C=CC1=C(C=C)C2(C3=C(c4ccccc42)C(C)CC=C3)c2ccccc21. The van der Waals surface area contributed by atoms with Crippen LogP contribution in [0.4, 0.5) is 0 Å². The van der Waals surface area contributed by atoms with Gasteiger partial charge in [0.1, 0.15) is 0 Å². The minimum absolute atomic E-state index is 0.251. The third-order valence-electron chi connectivity index (χ3n) is 6.31. The van der Waals surface area contributed by atoms with E-state index in [4.69, 9.17) is 0 Å². The van der Waals surface area contributed by atoms with Crippen LogP contribution in [0, 0.1) is 5.92 Å². The maximum Gasteiger partial charge on any atom is 0.0722 e. The summed E-state index contributed by atoms with van der Waals surface area (Å²) in [7, 11) is 0. The van der Waals surface area contributed by atoms with Crippen molar-refractivity contribution >= 4 is 11.1 Å². The molecule has 0 radical (unpaired) electrons. The van der Waals surface area contributed by atoms with E-state index in [1.165, 1.54) is 44.5 Å². The van der Waals surface area contributed by atoms with Crippen LogP contribution in [-0.2, 0) is 5.41 Å². The van der Waals surface area contributed by atoms with Gasteiger partial charge in [-0.3, -0.25) is 0 Å². The van der Waals surface area contributed by atoms with Gasteiger partial charge in [-0.1, -0.05) is 92.9 Å². The third-order valence-corrected chi connectivity index (χ3v) is 6.31. The van der Waals surface area contributed by atoms with Crippen molar-refractivity contribution < 1.29 is 0 Å². The van der Waals surface area contributed by atoms with Crippen LogP contribution in [0.1, 0.15) is 35.6 Å². The number of benzene rings is 2. The van der Waals surface area contributed by atoms with Gasteiger partial charge in [-0.05, 0) is 56.9 Å². The first kappa shape index (κ1) is 15.4. The molecule has 0 saturated heterocycles. The van der Waals surface area contributed by atoms with Crippen LogP contribution < -0.4 is 0 Å². The predicted molar refractivity (Wildman–Crippen MR) is 111 cm³/mol. The minimum atomic E-state index is -0.251. The van der Waals surface area contributed by atoms with Crippen LogP contribution in [-0.4, -0.2) is 0 Å². The monoisotopic (exact) mass is 334 g/mol. The molecule has 3 aliphatic carbocycles. The maximum atomic E-state index is 4.22. The molecular formula is C26H22. The van der Waals surface area contributed by atoms with Crippen LogP contribution in [0.2, 0.25) is 0 Å². The minimum Gasteiger partial charge on any atom is -0.0987 e. The Kier molecular flexibility index (Phi) is 3.15. The molecule has 3 aliphatic rings. The Bertz CT molecular complexity index is 1060. The molecule has 1 spiro atoms. The van der Waals surface area contributed by atoms with E-state index in [1.54, 1.807) is 0 Å². The van der Waals surface area contributed by atoms with Gasteiger partial charge < -0.3 is 0 Å². The van der Waals surface area contributed by atoms with Crippen LogP contribution in [0.25, 0.3) is 11.1 Å². The Morgan fingerprint density at radius 3 is 2.27 bits per heavy atom. The fraction of sp³-hybridized carbons (Fsp3) is 0.154. The maximum absolute atomic E-state index is 4.22. The van der Waals surface area contributed by atoms with Crippen LogP contribution in [0.5, 0.6) is 0 Å². The van der Waals surface area contributed by atoms with Crippen molar-refractivity contribution in [2.45, 2.75) is 18.8 Å². The molecule has 0 bridgehead atoms. The average molecular weight is 334 g/mol. The lowest BCUT2D eigenvalue weighted by molar-refractivity contribution is 0.729. The van der Waals surface area contributed by atoms with Crippen molar-refractivity contribution in [3.8, 4) is 0 Å². The zero-order valence-electron chi connectivity index (χ0n) is 15.1. The van der Waals surface area contributed by atoms with Gasteiger partial charge in [0.15, 0.2) is 0 Å². The lowest BCUT2D eigenvalue weighted by Gasteiger charge is -2.33. The fourth-order valence-corrected chi connectivity index (χ4v) is 5.39. The summed E-state index contributed by atoms with van der Waals surface area (Å²) < 4.78 is 0. The van der Waals surface area contributed by atoms with E-state index in [2.05, 4.69) is 86.8 Å².